The zero-order valence-corrected chi connectivity index (χ0v) is 16.9. The number of amides is 1. The molecule has 2 aromatic rings. The summed E-state index contributed by atoms with van der Waals surface area (Å²) in [5.41, 5.74) is 4.57. The Kier molecular flexibility index (Phi) is 7.20. The Balaban J connectivity index is 2.19. The number of aliphatic hydroxyl groups excluding tert-OH is 1. The van der Waals surface area contributed by atoms with Crippen LogP contribution in [-0.4, -0.2) is 33.7 Å². The van der Waals surface area contributed by atoms with E-state index in [0.29, 0.717) is 6.07 Å². The predicted octanol–water partition coefficient (Wildman–Crippen LogP) is 3.24. The number of halogens is 4. The number of nitrogens with two attached hydrogens (primary N) is 1. The number of carbonyl (C=O) groups is 1. The quantitative estimate of drug-likeness (QED) is 0.618. The van der Waals surface area contributed by atoms with Crippen molar-refractivity contribution in [3.8, 4) is 0 Å². The molecule has 1 heterocycles. The summed E-state index contributed by atoms with van der Waals surface area (Å²) in [6.07, 6.45) is -5.08. The molecule has 0 saturated heterocycles. The highest BCUT2D eigenvalue weighted by Gasteiger charge is 2.34. The summed E-state index contributed by atoms with van der Waals surface area (Å²) in [7, 11) is 0. The zero-order valence-electron chi connectivity index (χ0n) is 16.9. The fourth-order valence-corrected chi connectivity index (χ4v) is 2.96. The van der Waals surface area contributed by atoms with Crippen molar-refractivity contribution in [2.24, 2.45) is 5.73 Å². The van der Waals surface area contributed by atoms with E-state index in [1.165, 1.54) is 12.3 Å². The first-order chi connectivity index (χ1) is 13.8. The van der Waals surface area contributed by atoms with Crippen LogP contribution in [0.1, 0.15) is 48.0 Å². The molecule has 1 aromatic carbocycles. The Hall–Kier alpha value is -2.52. The minimum atomic E-state index is -4.67. The molecule has 5 nitrogen and oxygen atoms in total. The third kappa shape index (κ3) is 6.50. The molecule has 1 amide bonds. The largest absolute Gasteiger partial charge is 0.416 e. The molecular formula is C21H25F4N3O2. The highest BCUT2D eigenvalue weighted by molar-refractivity contribution is 5.95. The molecule has 30 heavy (non-hydrogen) atoms. The molecule has 2 rings (SSSR count). The number of carbonyl (C=O) groups excluding carboxylic acids is 1. The molecule has 0 bridgehead atoms. The van der Waals surface area contributed by atoms with Crippen LogP contribution < -0.4 is 11.1 Å². The summed E-state index contributed by atoms with van der Waals surface area (Å²) in [6, 6.07) is 4.11. The van der Waals surface area contributed by atoms with Gasteiger partial charge in [0.05, 0.1) is 22.9 Å². The van der Waals surface area contributed by atoms with Crippen LogP contribution >= 0.6 is 0 Å². The molecule has 164 valence electrons. The Morgan fingerprint density at radius 3 is 2.47 bits per heavy atom. The second-order valence-electron chi connectivity index (χ2n) is 8.14. The SMILES string of the molecule is CC(C)(C)NC(=O)c1cccnc1CC(O)C(N)Cc1cc(F)ccc1C(F)(F)F. The van der Waals surface area contributed by atoms with Gasteiger partial charge in [-0.1, -0.05) is 0 Å². The Bertz CT molecular complexity index is 895. The van der Waals surface area contributed by atoms with E-state index >= 15 is 0 Å². The van der Waals surface area contributed by atoms with Crippen molar-refractivity contribution in [2.45, 2.75) is 57.5 Å². The number of aliphatic hydroxyl groups is 1. The van der Waals surface area contributed by atoms with Gasteiger partial charge in [-0.05, 0) is 63.1 Å². The van der Waals surface area contributed by atoms with Gasteiger partial charge in [-0.25, -0.2) is 4.39 Å². The minimum Gasteiger partial charge on any atom is -0.391 e. The molecular weight excluding hydrogens is 402 g/mol. The molecule has 0 aliphatic heterocycles. The van der Waals surface area contributed by atoms with Crippen molar-refractivity contribution >= 4 is 5.91 Å². The molecule has 0 fully saturated rings. The van der Waals surface area contributed by atoms with E-state index in [1.807, 2.05) is 20.8 Å². The number of nitrogens with one attached hydrogen (secondary N) is 1. The lowest BCUT2D eigenvalue weighted by Gasteiger charge is -2.23. The van der Waals surface area contributed by atoms with Gasteiger partial charge in [-0.2, -0.15) is 13.2 Å². The summed E-state index contributed by atoms with van der Waals surface area (Å²) in [5.74, 6) is -1.22. The van der Waals surface area contributed by atoms with E-state index in [-0.39, 0.29) is 23.2 Å². The standard InChI is InChI=1S/C21H25F4N3O2/c1-20(2,3)28-19(30)14-5-4-8-27-17(14)11-18(29)16(26)10-12-9-13(22)6-7-15(12)21(23,24)25/h4-9,16,18,29H,10-11,26H2,1-3H3,(H,28,30). The number of hydrogen-bond donors (Lipinski definition) is 3. The first-order valence-electron chi connectivity index (χ1n) is 9.33. The number of hydrogen-bond acceptors (Lipinski definition) is 4. The molecule has 1 aromatic heterocycles. The molecule has 0 spiro atoms. The van der Waals surface area contributed by atoms with Crippen LogP contribution in [0.4, 0.5) is 17.6 Å². The fraction of sp³-hybridized carbons (Fsp3) is 0.429. The normalized spacial score (nSPS) is 14.3. The van der Waals surface area contributed by atoms with Crippen molar-refractivity contribution in [3.63, 3.8) is 0 Å². The maximum atomic E-state index is 13.5. The first-order valence-corrected chi connectivity index (χ1v) is 9.33. The van der Waals surface area contributed by atoms with Crippen LogP contribution in [0.2, 0.25) is 0 Å². The third-order valence-electron chi connectivity index (χ3n) is 4.35. The maximum Gasteiger partial charge on any atom is 0.416 e. The Morgan fingerprint density at radius 1 is 1.20 bits per heavy atom. The smallest absolute Gasteiger partial charge is 0.391 e. The number of benzene rings is 1. The van der Waals surface area contributed by atoms with Gasteiger partial charge < -0.3 is 16.2 Å². The van der Waals surface area contributed by atoms with Crippen LogP contribution in [0.3, 0.4) is 0 Å². The van der Waals surface area contributed by atoms with E-state index in [4.69, 9.17) is 5.73 Å². The second kappa shape index (κ2) is 9.09. The minimum absolute atomic E-state index is 0.147. The predicted molar refractivity (Wildman–Crippen MR) is 104 cm³/mol. The maximum absolute atomic E-state index is 13.5. The van der Waals surface area contributed by atoms with Crippen LogP contribution in [0, 0.1) is 5.82 Å². The van der Waals surface area contributed by atoms with Gasteiger partial charge in [-0.15, -0.1) is 0 Å². The Morgan fingerprint density at radius 2 is 1.87 bits per heavy atom. The van der Waals surface area contributed by atoms with Crippen molar-refractivity contribution in [1.82, 2.24) is 10.3 Å². The fourth-order valence-electron chi connectivity index (χ4n) is 2.96. The van der Waals surface area contributed by atoms with Gasteiger partial charge >= 0.3 is 6.18 Å². The van der Waals surface area contributed by atoms with Crippen LogP contribution in [0.15, 0.2) is 36.5 Å². The number of pyridine rings is 1. The summed E-state index contributed by atoms with van der Waals surface area (Å²) in [4.78, 5) is 16.6. The number of alkyl halides is 3. The van der Waals surface area contributed by atoms with Gasteiger partial charge in [0.25, 0.3) is 5.91 Å². The van der Waals surface area contributed by atoms with E-state index in [2.05, 4.69) is 10.3 Å². The van der Waals surface area contributed by atoms with Gasteiger partial charge in [0.1, 0.15) is 5.82 Å². The third-order valence-corrected chi connectivity index (χ3v) is 4.35. The number of nitrogens with zero attached hydrogens (tertiary/aromatic N) is 1. The molecule has 0 saturated carbocycles. The summed E-state index contributed by atoms with van der Waals surface area (Å²) < 4.78 is 53.0. The molecule has 4 N–H and O–H groups in total. The summed E-state index contributed by atoms with van der Waals surface area (Å²) in [6.45, 7) is 5.43. The van der Waals surface area contributed by atoms with E-state index < -0.39 is 47.6 Å². The molecule has 0 aliphatic carbocycles. The van der Waals surface area contributed by atoms with Gasteiger partial charge in [-0.3, -0.25) is 9.78 Å². The van der Waals surface area contributed by atoms with Gasteiger partial charge in [0.2, 0.25) is 0 Å². The lowest BCUT2D eigenvalue weighted by atomic mass is 9.94. The van der Waals surface area contributed by atoms with E-state index in [1.54, 1.807) is 6.07 Å². The van der Waals surface area contributed by atoms with Gasteiger partial charge in [0, 0.05) is 24.2 Å². The van der Waals surface area contributed by atoms with Gasteiger partial charge in [0.15, 0.2) is 0 Å². The average molecular weight is 427 g/mol. The van der Waals surface area contributed by atoms with Crippen LogP contribution in [-0.2, 0) is 19.0 Å². The summed E-state index contributed by atoms with van der Waals surface area (Å²) >= 11 is 0. The monoisotopic (exact) mass is 427 g/mol. The first kappa shape index (κ1) is 23.8. The van der Waals surface area contributed by atoms with E-state index in [0.717, 1.165) is 12.1 Å². The van der Waals surface area contributed by atoms with Crippen LogP contribution in [0.5, 0.6) is 0 Å². The summed E-state index contributed by atoms with van der Waals surface area (Å²) in [5, 5.41) is 13.3. The van der Waals surface area contributed by atoms with Crippen LogP contribution in [0.25, 0.3) is 0 Å². The molecule has 9 heteroatoms. The van der Waals surface area contributed by atoms with Crippen molar-refractivity contribution < 1.29 is 27.5 Å². The molecule has 0 aliphatic rings. The molecule has 2 unspecified atom stereocenters. The number of aromatic nitrogens is 1. The molecule has 0 radical (unpaired) electrons. The highest BCUT2D eigenvalue weighted by Crippen LogP contribution is 2.33. The lowest BCUT2D eigenvalue weighted by Crippen LogP contribution is -2.42. The zero-order chi connectivity index (χ0) is 22.7. The number of rotatable bonds is 6. The van der Waals surface area contributed by atoms with Crippen molar-refractivity contribution in [1.29, 1.82) is 0 Å². The van der Waals surface area contributed by atoms with Crippen molar-refractivity contribution in [2.75, 3.05) is 0 Å². The average Bonchev–Trinajstić information content (AvgIpc) is 2.59. The lowest BCUT2D eigenvalue weighted by molar-refractivity contribution is -0.138. The second-order valence-corrected chi connectivity index (χ2v) is 8.14. The molecule has 2 atom stereocenters. The van der Waals surface area contributed by atoms with E-state index in [9.17, 15) is 27.5 Å². The topological polar surface area (TPSA) is 88.2 Å². The van der Waals surface area contributed by atoms with Crippen molar-refractivity contribution in [3.05, 3.63) is 64.7 Å². The highest BCUT2D eigenvalue weighted by atomic mass is 19.4. The Labute approximate surface area is 172 Å².